The first kappa shape index (κ1) is 15.2. The summed E-state index contributed by atoms with van der Waals surface area (Å²) >= 11 is 0. The number of aromatic nitrogens is 4. The number of alkyl halides is 3. The molecule has 7 nitrogen and oxygen atoms in total. The van der Waals surface area contributed by atoms with E-state index in [1.807, 2.05) is 4.72 Å². The van der Waals surface area contributed by atoms with Crippen LogP contribution in [0.25, 0.3) is 0 Å². The zero-order valence-electron chi connectivity index (χ0n) is 10.7. The number of halogens is 3. The van der Waals surface area contributed by atoms with Gasteiger partial charge in [0, 0.05) is 12.4 Å². The largest absolute Gasteiger partial charge is 0.408 e. The molecule has 21 heavy (non-hydrogen) atoms. The van der Waals surface area contributed by atoms with Crippen LogP contribution >= 0.6 is 0 Å². The molecule has 0 amide bonds. The lowest BCUT2D eigenvalue weighted by molar-refractivity contribution is -0.142. The Kier molecular flexibility index (Phi) is 3.85. The van der Waals surface area contributed by atoms with E-state index in [2.05, 4.69) is 15.1 Å². The lowest BCUT2D eigenvalue weighted by Gasteiger charge is -2.05. The van der Waals surface area contributed by atoms with Gasteiger partial charge in [-0.05, 0) is 18.6 Å². The second kappa shape index (κ2) is 5.31. The van der Waals surface area contributed by atoms with Gasteiger partial charge in [-0.1, -0.05) is 0 Å². The Balaban J connectivity index is 2.18. The number of hydrogen-bond acceptors (Lipinski definition) is 5. The van der Waals surface area contributed by atoms with Crippen LogP contribution in [0.5, 0.6) is 0 Å². The van der Waals surface area contributed by atoms with Gasteiger partial charge in [0.05, 0.1) is 0 Å². The summed E-state index contributed by atoms with van der Waals surface area (Å²) in [6.07, 6.45) is -1.10. The van der Waals surface area contributed by atoms with E-state index in [-0.39, 0.29) is 4.90 Å². The van der Waals surface area contributed by atoms with Gasteiger partial charge < -0.3 is 0 Å². The Morgan fingerprint density at radius 2 is 2.05 bits per heavy atom. The number of anilines is 1. The highest BCUT2D eigenvalue weighted by Crippen LogP contribution is 2.18. The maximum absolute atomic E-state index is 12.2. The van der Waals surface area contributed by atoms with E-state index < -0.39 is 28.7 Å². The minimum atomic E-state index is -4.47. The van der Waals surface area contributed by atoms with Crippen molar-refractivity contribution in [2.24, 2.45) is 0 Å². The van der Waals surface area contributed by atoms with Gasteiger partial charge in [-0.25, -0.2) is 17.8 Å². The predicted molar refractivity (Wildman–Crippen MR) is 65.9 cm³/mol. The van der Waals surface area contributed by atoms with Crippen LogP contribution < -0.4 is 4.72 Å². The molecule has 0 aliphatic carbocycles. The smallest absolute Gasteiger partial charge is 0.263 e. The minimum absolute atomic E-state index is 0.130. The van der Waals surface area contributed by atoms with Gasteiger partial charge >= 0.3 is 6.18 Å². The molecule has 11 heteroatoms. The molecule has 2 aromatic heterocycles. The van der Waals surface area contributed by atoms with Crippen molar-refractivity contribution in [3.63, 3.8) is 0 Å². The Morgan fingerprint density at radius 3 is 2.67 bits per heavy atom. The molecular weight excluding hydrogens is 311 g/mol. The zero-order valence-corrected chi connectivity index (χ0v) is 11.5. The number of sulfonamides is 1. The second-order valence-corrected chi connectivity index (χ2v) is 5.87. The maximum atomic E-state index is 12.2. The summed E-state index contributed by atoms with van der Waals surface area (Å²) in [7, 11) is -4.00. The number of nitrogens with zero attached hydrogens (tertiary/aromatic N) is 4. The van der Waals surface area contributed by atoms with Crippen molar-refractivity contribution in [3.05, 3.63) is 30.4 Å². The van der Waals surface area contributed by atoms with Crippen LogP contribution in [0.2, 0.25) is 0 Å². The van der Waals surface area contributed by atoms with Gasteiger partial charge in [0.15, 0.2) is 0 Å². The Morgan fingerprint density at radius 1 is 1.33 bits per heavy atom. The van der Waals surface area contributed by atoms with Crippen LogP contribution in [0.4, 0.5) is 19.1 Å². The van der Waals surface area contributed by atoms with Gasteiger partial charge in [-0.15, -0.1) is 5.10 Å². The molecule has 0 spiro atoms. The van der Waals surface area contributed by atoms with Gasteiger partial charge in [-0.2, -0.15) is 18.2 Å². The zero-order chi connectivity index (χ0) is 15.7. The van der Waals surface area contributed by atoms with Crippen molar-refractivity contribution in [2.75, 3.05) is 4.72 Å². The van der Waals surface area contributed by atoms with E-state index in [4.69, 9.17) is 0 Å². The monoisotopic (exact) mass is 321 g/mol. The van der Waals surface area contributed by atoms with Crippen molar-refractivity contribution in [1.82, 2.24) is 19.7 Å². The SMILES string of the molecule is Cc1cncc(S(=O)(=O)Nc2ncn(CC(F)(F)F)n2)c1. The maximum Gasteiger partial charge on any atom is 0.408 e. The quantitative estimate of drug-likeness (QED) is 0.918. The average Bonchev–Trinajstić information content (AvgIpc) is 2.73. The third kappa shape index (κ3) is 4.15. The van der Waals surface area contributed by atoms with E-state index >= 15 is 0 Å². The first-order chi connectivity index (χ1) is 9.66. The summed E-state index contributed by atoms with van der Waals surface area (Å²) in [5, 5.41) is 3.40. The molecule has 0 radical (unpaired) electrons. The molecule has 1 N–H and O–H groups in total. The summed E-state index contributed by atoms with van der Waals surface area (Å²) in [5.41, 5.74) is 0.619. The van der Waals surface area contributed by atoms with Gasteiger partial charge in [0.25, 0.3) is 16.0 Å². The van der Waals surface area contributed by atoms with Gasteiger partial charge in [0.1, 0.15) is 17.8 Å². The number of aryl methyl sites for hydroxylation is 1. The number of hydrogen-bond donors (Lipinski definition) is 1. The second-order valence-electron chi connectivity index (χ2n) is 4.18. The molecule has 2 heterocycles. The Hall–Kier alpha value is -2.17. The van der Waals surface area contributed by atoms with Crippen LogP contribution in [-0.2, 0) is 16.6 Å². The first-order valence-electron chi connectivity index (χ1n) is 5.56. The topological polar surface area (TPSA) is 89.8 Å². The fourth-order valence-electron chi connectivity index (χ4n) is 1.45. The minimum Gasteiger partial charge on any atom is -0.263 e. The molecule has 0 unspecified atom stereocenters. The molecule has 0 bridgehead atoms. The molecule has 0 atom stereocenters. The Labute approximate surface area is 117 Å². The third-order valence-electron chi connectivity index (χ3n) is 2.26. The van der Waals surface area contributed by atoms with Crippen LogP contribution in [0, 0.1) is 6.92 Å². The normalized spacial score (nSPS) is 12.4. The number of pyridine rings is 1. The van der Waals surface area contributed by atoms with Crippen molar-refractivity contribution in [2.45, 2.75) is 24.5 Å². The molecule has 0 aromatic carbocycles. The molecule has 0 fully saturated rings. The van der Waals surface area contributed by atoms with Crippen LogP contribution in [0.15, 0.2) is 29.7 Å². The van der Waals surface area contributed by atoms with Crippen LogP contribution in [0.1, 0.15) is 5.56 Å². The van der Waals surface area contributed by atoms with E-state index in [1.54, 1.807) is 6.92 Å². The highest BCUT2D eigenvalue weighted by molar-refractivity contribution is 7.92. The summed E-state index contributed by atoms with van der Waals surface area (Å²) in [6.45, 7) is 0.302. The van der Waals surface area contributed by atoms with Crippen molar-refractivity contribution >= 4 is 16.0 Å². The molecule has 0 saturated carbocycles. The summed E-state index contributed by atoms with van der Waals surface area (Å²) in [5.74, 6) is -0.444. The molecular formula is C10H10F3N5O2S. The molecule has 2 aromatic rings. The van der Waals surface area contributed by atoms with E-state index in [1.165, 1.54) is 12.3 Å². The summed E-state index contributed by atoms with van der Waals surface area (Å²) < 4.78 is 62.9. The lowest BCUT2D eigenvalue weighted by Crippen LogP contribution is -2.19. The first-order valence-corrected chi connectivity index (χ1v) is 7.05. The molecule has 0 saturated heterocycles. The van der Waals surface area contributed by atoms with Crippen LogP contribution in [0.3, 0.4) is 0 Å². The summed E-state index contributed by atoms with van der Waals surface area (Å²) in [4.78, 5) is 7.08. The number of rotatable bonds is 4. The number of nitrogens with one attached hydrogen (secondary N) is 1. The standard InChI is InChI=1S/C10H10F3N5O2S/c1-7-2-8(4-14-3-7)21(19,20)17-9-15-6-18(16-9)5-10(11,12)13/h2-4,6H,5H2,1H3,(H,16,17). The highest BCUT2D eigenvalue weighted by Gasteiger charge is 2.29. The van der Waals surface area contributed by atoms with Gasteiger partial charge in [-0.3, -0.25) is 4.98 Å². The summed E-state index contributed by atoms with van der Waals surface area (Å²) in [6, 6.07) is 1.36. The van der Waals surface area contributed by atoms with Crippen molar-refractivity contribution in [1.29, 1.82) is 0 Å². The fraction of sp³-hybridized carbons (Fsp3) is 0.300. The van der Waals surface area contributed by atoms with Gasteiger partial charge in [0.2, 0.25) is 0 Å². The molecule has 2 rings (SSSR count). The van der Waals surface area contributed by atoms with Crippen molar-refractivity contribution in [3.8, 4) is 0 Å². The van der Waals surface area contributed by atoms with Crippen molar-refractivity contribution < 1.29 is 21.6 Å². The van der Waals surface area contributed by atoms with E-state index in [9.17, 15) is 21.6 Å². The van der Waals surface area contributed by atoms with Crippen LogP contribution in [-0.4, -0.2) is 34.3 Å². The highest BCUT2D eigenvalue weighted by atomic mass is 32.2. The average molecular weight is 321 g/mol. The predicted octanol–water partition coefficient (Wildman–Crippen LogP) is 1.34. The molecule has 0 aliphatic heterocycles. The molecule has 0 aliphatic rings. The van der Waals surface area contributed by atoms with E-state index in [0.29, 0.717) is 10.2 Å². The third-order valence-corrected chi connectivity index (χ3v) is 3.56. The lowest BCUT2D eigenvalue weighted by atomic mass is 10.3. The Bertz CT molecular complexity index is 741. The fourth-order valence-corrected chi connectivity index (χ4v) is 2.45. The van der Waals surface area contributed by atoms with E-state index in [0.717, 1.165) is 12.5 Å². The molecule has 114 valence electrons.